The lowest BCUT2D eigenvalue weighted by atomic mass is 9.63. The van der Waals surface area contributed by atoms with Crippen LogP contribution in [0.2, 0.25) is 19.6 Å². The van der Waals surface area contributed by atoms with Crippen LogP contribution in [0.3, 0.4) is 0 Å². The quantitative estimate of drug-likeness (QED) is 0.202. The van der Waals surface area contributed by atoms with Crippen molar-refractivity contribution in [1.82, 2.24) is 0 Å². The summed E-state index contributed by atoms with van der Waals surface area (Å²) < 4.78 is 1.04. The maximum Gasteiger partial charge on any atom is 0.142 e. The molecular weight excluding hydrogens is 561 g/mol. The molecule has 8 rings (SSSR count). The van der Waals surface area contributed by atoms with E-state index in [1.807, 2.05) is 48.5 Å². The summed E-state index contributed by atoms with van der Waals surface area (Å²) in [5.41, 5.74) is 1.64. The maximum atomic E-state index is 13.4. The number of aliphatic hydroxyl groups is 2. The highest BCUT2D eigenvalue weighted by Gasteiger charge is 2.52. The van der Waals surface area contributed by atoms with Crippen molar-refractivity contribution in [3.8, 4) is 0 Å². The van der Waals surface area contributed by atoms with Crippen LogP contribution >= 0.6 is 11.3 Å². The average molecular weight is 593 g/mol. The second-order valence-electron chi connectivity index (χ2n) is 12.9. The number of rotatable bonds is 3. The fourth-order valence-electron chi connectivity index (χ4n) is 7.23. The van der Waals surface area contributed by atoms with E-state index in [0.29, 0.717) is 11.1 Å². The lowest BCUT2D eigenvalue weighted by Crippen LogP contribution is -2.47. The zero-order valence-electron chi connectivity index (χ0n) is 24.4. The first-order valence-electron chi connectivity index (χ1n) is 14.8. The van der Waals surface area contributed by atoms with Crippen LogP contribution in [0.4, 0.5) is 0 Å². The van der Waals surface area contributed by atoms with Gasteiger partial charge in [0.1, 0.15) is 11.2 Å². The Morgan fingerprint density at radius 1 is 0.535 bits per heavy atom. The van der Waals surface area contributed by atoms with Gasteiger partial charge in [0, 0.05) is 15.8 Å². The smallest absolute Gasteiger partial charge is 0.142 e. The molecule has 1 heterocycles. The van der Waals surface area contributed by atoms with E-state index in [1.54, 1.807) is 11.3 Å². The Hall–Kier alpha value is -4.06. The van der Waals surface area contributed by atoms with Gasteiger partial charge in [-0.3, -0.25) is 0 Å². The molecular formula is C39H32O2SSi. The van der Waals surface area contributed by atoms with Crippen LogP contribution in [0.5, 0.6) is 0 Å². The van der Waals surface area contributed by atoms with Gasteiger partial charge in [-0.1, -0.05) is 128 Å². The van der Waals surface area contributed by atoms with E-state index in [2.05, 4.69) is 97.8 Å². The molecule has 2 atom stereocenters. The minimum atomic E-state index is -1.87. The van der Waals surface area contributed by atoms with E-state index in [4.69, 9.17) is 0 Å². The van der Waals surface area contributed by atoms with Gasteiger partial charge in [0.25, 0.3) is 0 Å². The van der Waals surface area contributed by atoms with Gasteiger partial charge >= 0.3 is 0 Å². The van der Waals surface area contributed by atoms with E-state index in [-0.39, 0.29) is 0 Å². The molecule has 0 fully saturated rings. The van der Waals surface area contributed by atoms with Gasteiger partial charge in [-0.25, -0.2) is 0 Å². The largest absolute Gasteiger partial charge is 0.376 e. The molecule has 2 unspecified atom stereocenters. The van der Waals surface area contributed by atoms with Crippen LogP contribution in [0.25, 0.3) is 31.6 Å². The summed E-state index contributed by atoms with van der Waals surface area (Å²) >= 11 is 1.66. The topological polar surface area (TPSA) is 40.5 Å². The average Bonchev–Trinajstić information content (AvgIpc) is 3.52. The Labute approximate surface area is 256 Å². The van der Waals surface area contributed by atoms with Crippen molar-refractivity contribution < 1.29 is 10.2 Å². The lowest BCUT2D eigenvalue weighted by molar-refractivity contribution is 0.0764. The third-order valence-corrected chi connectivity index (χ3v) is 12.3. The normalized spacial score (nSPS) is 19.9. The molecule has 2 N–H and O–H groups in total. The second-order valence-corrected chi connectivity index (χ2v) is 18.8. The Bertz CT molecular complexity index is 2230. The predicted molar refractivity (Wildman–Crippen MR) is 183 cm³/mol. The Balaban J connectivity index is 1.55. The van der Waals surface area contributed by atoms with E-state index < -0.39 is 19.3 Å². The van der Waals surface area contributed by atoms with Crippen molar-refractivity contribution in [2.75, 3.05) is 0 Å². The first kappa shape index (κ1) is 26.6. The number of hydrogen-bond acceptors (Lipinski definition) is 3. The van der Waals surface area contributed by atoms with E-state index in [0.717, 1.165) is 48.5 Å². The van der Waals surface area contributed by atoms with Gasteiger partial charge in [-0.15, -0.1) is 11.3 Å². The van der Waals surface area contributed by atoms with Crippen LogP contribution in [-0.4, -0.2) is 18.3 Å². The van der Waals surface area contributed by atoms with E-state index in [1.165, 1.54) is 10.6 Å². The predicted octanol–water partition coefficient (Wildman–Crippen LogP) is 8.63. The fourth-order valence-corrected chi connectivity index (χ4v) is 9.94. The SMILES string of the molecule is C[Si](C)(C)c1cc2c(c3sccc13)C(O)(c1ccc3ccccc3c1)c1ccccc1C2(O)c1ccc2ccccc2c1. The Morgan fingerprint density at radius 3 is 1.63 bits per heavy atom. The van der Waals surface area contributed by atoms with Gasteiger partial charge < -0.3 is 10.2 Å². The number of thiophene rings is 1. The zero-order chi connectivity index (χ0) is 29.6. The minimum Gasteiger partial charge on any atom is -0.376 e. The standard InChI is InChI=1S/C39H32O2SSi/c1-43(2,3)35-24-34-36(37-31(35)20-21-42-37)39(41,30-19-17-26-11-5-7-13-28(26)23-30)33-15-9-8-14-32(33)38(34,40)29-18-16-25-10-4-6-12-27(25)22-29/h4-24,40-41H,1-3H3. The van der Waals surface area contributed by atoms with E-state index in [9.17, 15) is 10.2 Å². The van der Waals surface area contributed by atoms with Gasteiger partial charge in [0.15, 0.2) is 0 Å². The van der Waals surface area contributed by atoms with Crippen LogP contribution in [0, 0.1) is 0 Å². The lowest BCUT2D eigenvalue weighted by Gasteiger charge is -2.46. The Morgan fingerprint density at radius 2 is 1.05 bits per heavy atom. The molecule has 0 radical (unpaired) electrons. The third kappa shape index (κ3) is 3.71. The molecule has 1 aromatic heterocycles. The van der Waals surface area contributed by atoms with E-state index >= 15 is 0 Å². The Kier molecular flexibility index (Phi) is 5.69. The molecule has 7 aromatic rings. The summed E-state index contributed by atoms with van der Waals surface area (Å²) in [6.07, 6.45) is 0. The number of hydrogen-bond donors (Lipinski definition) is 2. The second kappa shape index (κ2) is 9.22. The zero-order valence-corrected chi connectivity index (χ0v) is 26.2. The number of fused-ring (bicyclic) bond motifs is 6. The summed E-state index contributed by atoms with van der Waals surface area (Å²) in [4.78, 5) is 0. The highest BCUT2D eigenvalue weighted by molar-refractivity contribution is 7.17. The van der Waals surface area contributed by atoms with Crippen LogP contribution in [0.1, 0.15) is 33.4 Å². The van der Waals surface area contributed by atoms with Gasteiger partial charge in [-0.05, 0) is 72.8 Å². The number of benzene rings is 6. The summed E-state index contributed by atoms with van der Waals surface area (Å²) in [5, 5.41) is 35.7. The van der Waals surface area contributed by atoms with Crippen molar-refractivity contribution in [3.05, 3.63) is 160 Å². The van der Waals surface area contributed by atoms with Gasteiger partial charge in [0.05, 0.1) is 8.07 Å². The van der Waals surface area contributed by atoms with Gasteiger partial charge in [-0.2, -0.15) is 0 Å². The molecule has 0 aliphatic heterocycles. The third-order valence-electron chi connectivity index (χ3n) is 9.34. The fraction of sp³-hybridized carbons (Fsp3) is 0.128. The summed E-state index contributed by atoms with van der Waals surface area (Å²) in [5.74, 6) is 0. The molecule has 0 spiro atoms. The molecule has 43 heavy (non-hydrogen) atoms. The van der Waals surface area contributed by atoms with Gasteiger partial charge in [0.2, 0.25) is 0 Å². The summed E-state index contributed by atoms with van der Waals surface area (Å²) in [6.45, 7) is 7.06. The summed E-state index contributed by atoms with van der Waals surface area (Å²) in [6, 6.07) is 41.4. The molecule has 1 aliphatic carbocycles. The maximum absolute atomic E-state index is 13.4. The molecule has 210 valence electrons. The monoisotopic (exact) mass is 592 g/mol. The molecule has 2 nitrogen and oxygen atoms in total. The van der Waals surface area contributed by atoms with Crippen LogP contribution in [-0.2, 0) is 11.2 Å². The molecule has 4 heteroatoms. The molecule has 0 amide bonds. The summed E-state index contributed by atoms with van der Waals surface area (Å²) in [7, 11) is -1.87. The van der Waals surface area contributed by atoms with Crippen LogP contribution in [0.15, 0.2) is 127 Å². The molecule has 0 bridgehead atoms. The first-order chi connectivity index (χ1) is 20.7. The first-order valence-corrected chi connectivity index (χ1v) is 19.2. The van der Waals surface area contributed by atoms with Crippen molar-refractivity contribution >= 4 is 56.2 Å². The van der Waals surface area contributed by atoms with Crippen molar-refractivity contribution in [2.45, 2.75) is 30.8 Å². The van der Waals surface area contributed by atoms with Crippen molar-refractivity contribution in [1.29, 1.82) is 0 Å². The molecule has 6 aromatic carbocycles. The molecule has 0 saturated carbocycles. The van der Waals surface area contributed by atoms with Crippen molar-refractivity contribution in [2.24, 2.45) is 0 Å². The highest BCUT2D eigenvalue weighted by atomic mass is 32.1. The molecule has 0 saturated heterocycles. The van der Waals surface area contributed by atoms with Crippen molar-refractivity contribution in [3.63, 3.8) is 0 Å². The minimum absolute atomic E-state index is 0.712. The molecule has 1 aliphatic rings. The highest BCUT2D eigenvalue weighted by Crippen LogP contribution is 2.56. The van der Waals surface area contributed by atoms with Crippen LogP contribution < -0.4 is 5.19 Å².